The van der Waals surface area contributed by atoms with Crippen LogP contribution in [-0.2, 0) is 4.79 Å². The third kappa shape index (κ3) is 4.72. The lowest BCUT2D eigenvalue weighted by Crippen LogP contribution is -2.49. The number of carboxylic acids is 1. The Labute approximate surface area is 178 Å². The van der Waals surface area contributed by atoms with Crippen molar-refractivity contribution in [3.8, 4) is 0 Å². The Bertz CT molecular complexity index is 1130. The molecule has 3 aromatic rings. The molecular formula is C22H22FN5O3. The van der Waals surface area contributed by atoms with Crippen LogP contribution in [-0.4, -0.2) is 59.6 Å². The Morgan fingerprint density at radius 3 is 2.45 bits per heavy atom. The van der Waals surface area contributed by atoms with Gasteiger partial charge in [0.2, 0.25) is 5.91 Å². The highest BCUT2D eigenvalue weighted by atomic mass is 19.1. The van der Waals surface area contributed by atoms with E-state index in [4.69, 9.17) is 5.73 Å². The Morgan fingerprint density at radius 1 is 1.06 bits per heavy atom. The van der Waals surface area contributed by atoms with E-state index in [0.717, 1.165) is 0 Å². The topological polar surface area (TPSA) is 112 Å². The molecule has 1 saturated heterocycles. The second-order valence-electron chi connectivity index (χ2n) is 7.43. The van der Waals surface area contributed by atoms with Crippen LogP contribution in [0.25, 0.3) is 10.9 Å². The number of hydrogen-bond acceptors (Lipinski definition) is 6. The average molecular weight is 423 g/mol. The van der Waals surface area contributed by atoms with Gasteiger partial charge in [0.15, 0.2) is 0 Å². The number of nitrogen functional groups attached to an aromatic ring is 1. The minimum absolute atomic E-state index is 0.161. The Balaban J connectivity index is 1.41. The SMILES string of the molecule is Nc1ccc2nc(N3CCN(CC(=O)Nc4ccc(F)cc4)CC3)cc(C(=O)O)c2c1. The molecule has 0 saturated carbocycles. The number of carbonyl (C=O) groups excluding carboxylic acids is 1. The third-order valence-corrected chi connectivity index (χ3v) is 5.24. The molecule has 2 aromatic carbocycles. The molecule has 4 rings (SSSR count). The van der Waals surface area contributed by atoms with Crippen LogP contribution in [0.3, 0.4) is 0 Å². The van der Waals surface area contributed by atoms with E-state index in [-0.39, 0.29) is 23.8 Å². The van der Waals surface area contributed by atoms with Gasteiger partial charge in [-0.05, 0) is 48.5 Å². The summed E-state index contributed by atoms with van der Waals surface area (Å²) in [6.07, 6.45) is 0. The van der Waals surface area contributed by atoms with Crippen LogP contribution in [0.15, 0.2) is 48.5 Å². The van der Waals surface area contributed by atoms with Crippen LogP contribution in [0.4, 0.5) is 21.6 Å². The summed E-state index contributed by atoms with van der Waals surface area (Å²) in [6, 6.07) is 12.2. The van der Waals surface area contributed by atoms with E-state index in [0.29, 0.717) is 54.3 Å². The lowest BCUT2D eigenvalue weighted by molar-refractivity contribution is -0.117. The number of halogens is 1. The summed E-state index contributed by atoms with van der Waals surface area (Å²) in [7, 11) is 0. The van der Waals surface area contributed by atoms with E-state index in [2.05, 4.69) is 10.3 Å². The number of fused-ring (bicyclic) bond motifs is 1. The molecule has 31 heavy (non-hydrogen) atoms. The van der Waals surface area contributed by atoms with Crippen LogP contribution >= 0.6 is 0 Å². The molecule has 1 aliphatic heterocycles. The number of benzene rings is 2. The van der Waals surface area contributed by atoms with Crippen molar-refractivity contribution < 1.29 is 19.1 Å². The van der Waals surface area contributed by atoms with Gasteiger partial charge in [-0.3, -0.25) is 9.69 Å². The number of carbonyl (C=O) groups is 2. The summed E-state index contributed by atoms with van der Waals surface area (Å²) in [5.41, 5.74) is 7.56. The van der Waals surface area contributed by atoms with Gasteiger partial charge < -0.3 is 21.1 Å². The fraction of sp³-hybridized carbons (Fsp3) is 0.227. The first-order valence-corrected chi connectivity index (χ1v) is 9.85. The fourth-order valence-corrected chi connectivity index (χ4v) is 3.64. The van der Waals surface area contributed by atoms with Crippen molar-refractivity contribution in [2.75, 3.05) is 48.7 Å². The number of aromatic carboxylic acids is 1. The number of piperazine rings is 1. The first-order chi connectivity index (χ1) is 14.9. The second kappa shape index (κ2) is 8.57. The number of aromatic nitrogens is 1. The molecule has 0 radical (unpaired) electrons. The normalized spacial score (nSPS) is 14.5. The van der Waals surface area contributed by atoms with Gasteiger partial charge in [-0.1, -0.05) is 0 Å². The lowest BCUT2D eigenvalue weighted by atomic mass is 10.1. The number of anilines is 3. The number of nitrogens with zero attached hydrogens (tertiary/aromatic N) is 3. The van der Waals surface area contributed by atoms with Crippen LogP contribution < -0.4 is 16.0 Å². The van der Waals surface area contributed by atoms with Crippen LogP contribution in [0.1, 0.15) is 10.4 Å². The van der Waals surface area contributed by atoms with Gasteiger partial charge in [-0.15, -0.1) is 0 Å². The average Bonchev–Trinajstić information content (AvgIpc) is 2.75. The summed E-state index contributed by atoms with van der Waals surface area (Å²) in [5.74, 6) is -0.971. The smallest absolute Gasteiger partial charge is 0.336 e. The minimum Gasteiger partial charge on any atom is -0.478 e. The molecule has 160 valence electrons. The van der Waals surface area contributed by atoms with E-state index in [1.54, 1.807) is 24.3 Å². The van der Waals surface area contributed by atoms with Gasteiger partial charge in [0.1, 0.15) is 11.6 Å². The minimum atomic E-state index is -1.03. The quantitative estimate of drug-likeness (QED) is 0.540. The molecule has 0 atom stereocenters. The predicted octanol–water partition coefficient (Wildman–Crippen LogP) is 2.42. The molecule has 1 amide bonds. The number of rotatable bonds is 5. The maximum atomic E-state index is 13.0. The van der Waals surface area contributed by atoms with E-state index >= 15 is 0 Å². The lowest BCUT2D eigenvalue weighted by Gasteiger charge is -2.35. The van der Waals surface area contributed by atoms with Gasteiger partial charge in [0, 0.05) is 42.9 Å². The Morgan fingerprint density at radius 2 is 1.77 bits per heavy atom. The molecular weight excluding hydrogens is 401 g/mol. The summed E-state index contributed by atoms with van der Waals surface area (Å²) in [4.78, 5) is 32.6. The fourth-order valence-electron chi connectivity index (χ4n) is 3.64. The molecule has 1 fully saturated rings. The van der Waals surface area contributed by atoms with Crippen molar-refractivity contribution in [1.29, 1.82) is 0 Å². The third-order valence-electron chi connectivity index (χ3n) is 5.24. The van der Waals surface area contributed by atoms with Crippen molar-refractivity contribution in [3.63, 3.8) is 0 Å². The first-order valence-electron chi connectivity index (χ1n) is 9.85. The van der Waals surface area contributed by atoms with Gasteiger partial charge in [0.25, 0.3) is 0 Å². The number of pyridine rings is 1. The molecule has 0 spiro atoms. The van der Waals surface area contributed by atoms with Gasteiger partial charge >= 0.3 is 5.97 Å². The van der Waals surface area contributed by atoms with Crippen molar-refractivity contribution >= 4 is 40.0 Å². The molecule has 0 bridgehead atoms. The van der Waals surface area contributed by atoms with E-state index < -0.39 is 5.97 Å². The molecule has 8 nitrogen and oxygen atoms in total. The van der Waals surface area contributed by atoms with Crippen molar-refractivity contribution in [2.45, 2.75) is 0 Å². The van der Waals surface area contributed by atoms with Gasteiger partial charge in [-0.2, -0.15) is 0 Å². The largest absolute Gasteiger partial charge is 0.478 e. The monoisotopic (exact) mass is 423 g/mol. The van der Waals surface area contributed by atoms with Crippen LogP contribution in [0, 0.1) is 5.82 Å². The van der Waals surface area contributed by atoms with Gasteiger partial charge in [-0.25, -0.2) is 14.2 Å². The highest BCUT2D eigenvalue weighted by Gasteiger charge is 2.22. The number of nitrogens with one attached hydrogen (secondary N) is 1. The maximum Gasteiger partial charge on any atom is 0.336 e. The molecule has 4 N–H and O–H groups in total. The van der Waals surface area contributed by atoms with Gasteiger partial charge in [0.05, 0.1) is 17.6 Å². The van der Waals surface area contributed by atoms with E-state index in [1.165, 1.54) is 24.3 Å². The molecule has 2 heterocycles. The molecule has 1 aromatic heterocycles. The molecule has 0 unspecified atom stereocenters. The van der Waals surface area contributed by atoms with E-state index in [1.807, 2.05) is 9.80 Å². The second-order valence-corrected chi connectivity index (χ2v) is 7.43. The molecule has 0 aliphatic carbocycles. The van der Waals surface area contributed by atoms with Crippen molar-refractivity contribution in [2.24, 2.45) is 0 Å². The first kappa shape index (κ1) is 20.5. The number of amides is 1. The van der Waals surface area contributed by atoms with E-state index in [9.17, 15) is 19.1 Å². The zero-order valence-electron chi connectivity index (χ0n) is 16.7. The summed E-state index contributed by atoms with van der Waals surface area (Å²) in [6.45, 7) is 2.68. The standard InChI is InChI=1S/C22H22FN5O3/c23-14-1-4-16(5-2-14)25-21(29)13-27-7-9-28(10-8-27)20-12-18(22(30)31)17-11-15(24)3-6-19(17)26-20/h1-6,11-12H,7-10,13,24H2,(H,25,29)(H,30,31). The maximum absolute atomic E-state index is 13.0. The predicted molar refractivity (Wildman–Crippen MR) is 117 cm³/mol. The molecule has 1 aliphatic rings. The van der Waals surface area contributed by atoms with Crippen LogP contribution in [0.5, 0.6) is 0 Å². The van der Waals surface area contributed by atoms with Crippen molar-refractivity contribution in [1.82, 2.24) is 9.88 Å². The molecule has 9 heteroatoms. The zero-order chi connectivity index (χ0) is 22.0. The van der Waals surface area contributed by atoms with Crippen LogP contribution in [0.2, 0.25) is 0 Å². The summed E-state index contributed by atoms with van der Waals surface area (Å²) in [5, 5.41) is 12.9. The highest BCUT2D eigenvalue weighted by Crippen LogP contribution is 2.25. The highest BCUT2D eigenvalue weighted by molar-refractivity contribution is 6.04. The van der Waals surface area contributed by atoms with Crippen molar-refractivity contribution in [3.05, 3.63) is 59.9 Å². The number of nitrogens with two attached hydrogens (primary N) is 1. The summed E-state index contributed by atoms with van der Waals surface area (Å²) >= 11 is 0. The Kier molecular flexibility index (Phi) is 5.68. The number of carboxylic acid groups (broad SMARTS) is 1. The Hall–Kier alpha value is -3.72. The number of hydrogen-bond donors (Lipinski definition) is 3. The summed E-state index contributed by atoms with van der Waals surface area (Å²) < 4.78 is 13.0. The zero-order valence-corrected chi connectivity index (χ0v) is 16.7.